The quantitative estimate of drug-likeness (QED) is 0.531. The Kier molecular flexibility index (Phi) is 7.05. The molecule has 0 fully saturated rings. The van der Waals surface area contributed by atoms with Gasteiger partial charge in [0.05, 0.1) is 20.1 Å². The van der Waals surface area contributed by atoms with Crippen LogP contribution in [0.25, 0.3) is 0 Å². The van der Waals surface area contributed by atoms with Crippen molar-refractivity contribution in [3.63, 3.8) is 0 Å². The van der Waals surface area contributed by atoms with E-state index in [9.17, 15) is 9.59 Å². The monoisotopic (exact) mass is 280 g/mol. The third kappa shape index (κ3) is 5.59. The summed E-state index contributed by atoms with van der Waals surface area (Å²) in [6, 6.07) is 0. The van der Waals surface area contributed by atoms with Gasteiger partial charge in [0.25, 0.3) is 0 Å². The molecule has 0 spiro atoms. The molecule has 0 aromatic carbocycles. The molecule has 0 heterocycles. The largest absolute Gasteiger partial charge is 0.469 e. The van der Waals surface area contributed by atoms with Gasteiger partial charge in [0.1, 0.15) is 0 Å². The maximum absolute atomic E-state index is 11.6. The van der Waals surface area contributed by atoms with Crippen molar-refractivity contribution in [2.75, 3.05) is 14.2 Å². The molecule has 0 amide bonds. The van der Waals surface area contributed by atoms with Gasteiger partial charge in [-0.2, -0.15) is 0 Å². The SMILES string of the molecule is C=C(CCCC(=O)OC)CC1=CCCC(C(=O)OC)C1. The Hall–Kier alpha value is -1.58. The van der Waals surface area contributed by atoms with Crippen molar-refractivity contribution in [1.29, 1.82) is 0 Å². The molecule has 0 saturated heterocycles. The molecule has 0 radical (unpaired) electrons. The normalized spacial score (nSPS) is 18.1. The van der Waals surface area contributed by atoms with Crippen LogP contribution in [-0.4, -0.2) is 26.2 Å². The van der Waals surface area contributed by atoms with Gasteiger partial charge in [0.15, 0.2) is 0 Å². The predicted octanol–water partition coefficient (Wildman–Crippen LogP) is 3.18. The minimum absolute atomic E-state index is 0.0112. The van der Waals surface area contributed by atoms with Gasteiger partial charge in [-0.1, -0.05) is 23.8 Å². The molecule has 4 nitrogen and oxygen atoms in total. The fourth-order valence-corrected chi connectivity index (χ4v) is 2.50. The van der Waals surface area contributed by atoms with Crippen LogP contribution in [0.5, 0.6) is 0 Å². The summed E-state index contributed by atoms with van der Waals surface area (Å²) in [6.45, 7) is 4.05. The summed E-state index contributed by atoms with van der Waals surface area (Å²) in [5, 5.41) is 0. The van der Waals surface area contributed by atoms with Crippen LogP contribution in [0.3, 0.4) is 0 Å². The van der Waals surface area contributed by atoms with Crippen molar-refractivity contribution >= 4 is 11.9 Å². The summed E-state index contributed by atoms with van der Waals surface area (Å²) in [5.74, 6) is -0.310. The molecule has 1 rings (SSSR count). The maximum Gasteiger partial charge on any atom is 0.308 e. The Labute approximate surface area is 120 Å². The first-order valence-electron chi connectivity index (χ1n) is 7.06. The van der Waals surface area contributed by atoms with E-state index in [1.807, 2.05) is 0 Å². The van der Waals surface area contributed by atoms with Crippen molar-refractivity contribution in [2.24, 2.45) is 5.92 Å². The second-order valence-corrected chi connectivity index (χ2v) is 5.22. The van der Waals surface area contributed by atoms with Gasteiger partial charge in [-0.05, 0) is 38.5 Å². The standard InChI is InChI=1S/C16H24O4/c1-12(6-4-9-15(17)19-2)10-13-7-5-8-14(11-13)16(18)20-3/h7,14H,1,4-6,8-11H2,2-3H3. The summed E-state index contributed by atoms with van der Waals surface area (Å²) in [7, 11) is 2.84. The zero-order chi connectivity index (χ0) is 15.0. The van der Waals surface area contributed by atoms with E-state index in [4.69, 9.17) is 4.74 Å². The number of hydrogen-bond acceptors (Lipinski definition) is 4. The molecule has 1 atom stereocenters. The average Bonchev–Trinajstić information content (AvgIpc) is 2.46. The highest BCUT2D eigenvalue weighted by Gasteiger charge is 2.23. The van der Waals surface area contributed by atoms with Crippen LogP contribution in [0.1, 0.15) is 44.9 Å². The van der Waals surface area contributed by atoms with Crippen molar-refractivity contribution < 1.29 is 19.1 Å². The van der Waals surface area contributed by atoms with Crippen LogP contribution < -0.4 is 0 Å². The second kappa shape index (κ2) is 8.56. The average molecular weight is 280 g/mol. The van der Waals surface area contributed by atoms with E-state index in [0.29, 0.717) is 6.42 Å². The van der Waals surface area contributed by atoms with Gasteiger partial charge in [0.2, 0.25) is 0 Å². The number of ether oxygens (including phenoxy) is 2. The Balaban J connectivity index is 2.33. The molecule has 0 aromatic heterocycles. The lowest BCUT2D eigenvalue weighted by molar-refractivity contribution is -0.145. The number of allylic oxidation sites excluding steroid dienone is 3. The molecule has 0 bridgehead atoms. The Morgan fingerprint density at radius 1 is 1.30 bits per heavy atom. The molecule has 112 valence electrons. The lowest BCUT2D eigenvalue weighted by Crippen LogP contribution is -2.19. The molecule has 20 heavy (non-hydrogen) atoms. The predicted molar refractivity (Wildman–Crippen MR) is 77.1 cm³/mol. The molecule has 1 aliphatic carbocycles. The molecule has 4 heteroatoms. The highest BCUT2D eigenvalue weighted by atomic mass is 16.5. The van der Waals surface area contributed by atoms with Gasteiger partial charge in [-0.15, -0.1) is 0 Å². The summed E-state index contributed by atoms with van der Waals surface area (Å²) in [5.41, 5.74) is 2.36. The van der Waals surface area contributed by atoms with Crippen LogP contribution in [0.4, 0.5) is 0 Å². The second-order valence-electron chi connectivity index (χ2n) is 5.22. The molecule has 1 unspecified atom stereocenters. The third-order valence-corrected chi connectivity index (χ3v) is 3.61. The molecule has 0 saturated carbocycles. The fourth-order valence-electron chi connectivity index (χ4n) is 2.50. The van der Waals surface area contributed by atoms with Gasteiger partial charge in [-0.3, -0.25) is 9.59 Å². The first kappa shape index (κ1) is 16.5. The number of rotatable bonds is 7. The van der Waals surface area contributed by atoms with E-state index in [0.717, 1.165) is 44.1 Å². The van der Waals surface area contributed by atoms with Crippen LogP contribution in [0, 0.1) is 5.92 Å². The van der Waals surface area contributed by atoms with Gasteiger partial charge in [0, 0.05) is 6.42 Å². The minimum atomic E-state index is -0.180. The summed E-state index contributed by atoms with van der Waals surface area (Å²) >= 11 is 0. The van der Waals surface area contributed by atoms with E-state index in [1.54, 1.807) is 0 Å². The van der Waals surface area contributed by atoms with E-state index in [-0.39, 0.29) is 17.9 Å². The molecule has 0 aliphatic heterocycles. The van der Waals surface area contributed by atoms with Crippen LogP contribution in [-0.2, 0) is 19.1 Å². The first-order chi connectivity index (χ1) is 9.56. The maximum atomic E-state index is 11.6. The molecule has 0 N–H and O–H groups in total. The van der Waals surface area contributed by atoms with Crippen LogP contribution in [0.15, 0.2) is 23.8 Å². The van der Waals surface area contributed by atoms with Crippen LogP contribution in [0.2, 0.25) is 0 Å². The van der Waals surface area contributed by atoms with Crippen LogP contribution >= 0.6 is 0 Å². The number of carbonyl (C=O) groups excluding carboxylic acids is 2. The summed E-state index contributed by atoms with van der Waals surface area (Å²) < 4.78 is 9.41. The number of hydrogen-bond donors (Lipinski definition) is 0. The van der Waals surface area contributed by atoms with Crippen molar-refractivity contribution in [3.8, 4) is 0 Å². The Morgan fingerprint density at radius 2 is 2.05 bits per heavy atom. The van der Waals surface area contributed by atoms with Crippen molar-refractivity contribution in [2.45, 2.75) is 44.9 Å². The van der Waals surface area contributed by atoms with E-state index in [1.165, 1.54) is 19.8 Å². The number of carbonyl (C=O) groups is 2. The summed E-state index contributed by atoms with van der Waals surface area (Å²) in [4.78, 5) is 22.6. The number of methoxy groups -OCH3 is 2. The van der Waals surface area contributed by atoms with Crippen molar-refractivity contribution in [1.82, 2.24) is 0 Å². The topological polar surface area (TPSA) is 52.6 Å². The van der Waals surface area contributed by atoms with Gasteiger partial charge in [-0.25, -0.2) is 0 Å². The third-order valence-electron chi connectivity index (χ3n) is 3.61. The molecular formula is C16H24O4. The molecule has 0 aromatic rings. The smallest absolute Gasteiger partial charge is 0.308 e. The highest BCUT2D eigenvalue weighted by molar-refractivity contribution is 5.73. The Morgan fingerprint density at radius 3 is 2.70 bits per heavy atom. The van der Waals surface area contributed by atoms with E-state index < -0.39 is 0 Å². The molecule has 1 aliphatic rings. The first-order valence-corrected chi connectivity index (χ1v) is 7.06. The van der Waals surface area contributed by atoms with E-state index in [2.05, 4.69) is 17.4 Å². The lowest BCUT2D eigenvalue weighted by Gasteiger charge is -2.21. The van der Waals surface area contributed by atoms with Crippen molar-refractivity contribution in [3.05, 3.63) is 23.8 Å². The van der Waals surface area contributed by atoms with Gasteiger partial charge >= 0.3 is 11.9 Å². The fraction of sp³-hybridized carbons (Fsp3) is 0.625. The Bertz CT molecular complexity index is 395. The number of esters is 2. The zero-order valence-electron chi connectivity index (χ0n) is 12.4. The molecular weight excluding hydrogens is 256 g/mol. The lowest BCUT2D eigenvalue weighted by atomic mass is 9.85. The highest BCUT2D eigenvalue weighted by Crippen LogP contribution is 2.29. The van der Waals surface area contributed by atoms with E-state index >= 15 is 0 Å². The van der Waals surface area contributed by atoms with Gasteiger partial charge < -0.3 is 9.47 Å². The zero-order valence-corrected chi connectivity index (χ0v) is 12.4. The summed E-state index contributed by atoms with van der Waals surface area (Å²) in [6.07, 6.45) is 7.58. The minimum Gasteiger partial charge on any atom is -0.469 e.